The molecule has 0 spiro atoms. The number of aryl methyl sites for hydroxylation is 2. The maximum atomic E-state index is 12.6. The third-order valence-electron chi connectivity index (χ3n) is 5.17. The van der Waals surface area contributed by atoms with Crippen molar-refractivity contribution in [1.29, 1.82) is 0 Å². The second-order valence-electron chi connectivity index (χ2n) is 7.36. The van der Waals surface area contributed by atoms with Gasteiger partial charge in [0.15, 0.2) is 0 Å². The minimum absolute atomic E-state index is 0.0168. The molecule has 1 aromatic carbocycles. The fourth-order valence-electron chi connectivity index (χ4n) is 3.72. The maximum Gasteiger partial charge on any atom is 0.263 e. The van der Waals surface area contributed by atoms with Gasteiger partial charge >= 0.3 is 0 Å². The van der Waals surface area contributed by atoms with Crippen molar-refractivity contribution in [3.63, 3.8) is 0 Å². The number of fused-ring (bicyclic) bond motifs is 1. The topological polar surface area (TPSA) is 108 Å². The molecule has 9 nitrogen and oxygen atoms in total. The molecule has 1 amide bonds. The number of carbonyl (C=O) groups excluding carboxylic acids is 1. The first-order valence-electron chi connectivity index (χ1n) is 9.85. The highest BCUT2D eigenvalue weighted by Gasteiger charge is 2.30. The van der Waals surface area contributed by atoms with Crippen LogP contribution in [-0.2, 0) is 14.8 Å². The summed E-state index contributed by atoms with van der Waals surface area (Å²) in [5, 5.41) is 0. The Morgan fingerprint density at radius 2 is 1.87 bits per heavy atom. The number of nitrogens with zero attached hydrogens (tertiary/aromatic N) is 5. The van der Waals surface area contributed by atoms with Gasteiger partial charge in [0.2, 0.25) is 5.91 Å². The largest absolute Gasteiger partial charge is 0.353 e. The molecular formula is C20H24N6O3S. The third-order valence-corrected chi connectivity index (χ3v) is 6.56. The smallest absolute Gasteiger partial charge is 0.263 e. The van der Waals surface area contributed by atoms with Gasteiger partial charge in [-0.25, -0.2) is 18.4 Å². The van der Waals surface area contributed by atoms with Crippen LogP contribution in [0.5, 0.6) is 0 Å². The van der Waals surface area contributed by atoms with E-state index in [1.165, 1.54) is 0 Å². The number of benzene rings is 1. The predicted octanol–water partition coefficient (Wildman–Crippen LogP) is 0.871. The summed E-state index contributed by atoms with van der Waals surface area (Å²) in [6, 6.07) is 8.66. The molecule has 0 radical (unpaired) electrons. The van der Waals surface area contributed by atoms with Crippen molar-refractivity contribution in [2.75, 3.05) is 37.6 Å². The average Bonchev–Trinajstić information content (AvgIpc) is 2.98. The lowest BCUT2D eigenvalue weighted by atomic mass is 10.2. The first-order chi connectivity index (χ1) is 14.3. The minimum Gasteiger partial charge on any atom is -0.353 e. The molecule has 0 aliphatic carbocycles. The van der Waals surface area contributed by atoms with Gasteiger partial charge in [-0.3, -0.25) is 14.5 Å². The molecule has 0 unspecified atom stereocenters. The lowest BCUT2D eigenvalue weighted by Gasteiger charge is -2.35. The monoisotopic (exact) mass is 428 g/mol. The number of amides is 1. The van der Waals surface area contributed by atoms with E-state index in [2.05, 4.69) is 24.6 Å². The van der Waals surface area contributed by atoms with Crippen molar-refractivity contribution < 1.29 is 13.2 Å². The molecule has 0 atom stereocenters. The van der Waals surface area contributed by atoms with E-state index in [1.807, 2.05) is 24.8 Å². The normalized spacial score (nSPS) is 18.9. The number of sulfonamides is 1. The molecule has 4 rings (SSSR count). The van der Waals surface area contributed by atoms with E-state index in [9.17, 15) is 13.2 Å². The Morgan fingerprint density at radius 3 is 2.60 bits per heavy atom. The van der Waals surface area contributed by atoms with E-state index < -0.39 is 10.0 Å². The van der Waals surface area contributed by atoms with Crippen molar-refractivity contribution in [2.45, 2.75) is 25.2 Å². The number of aromatic nitrogens is 2. The highest BCUT2D eigenvalue weighted by Crippen LogP contribution is 2.22. The van der Waals surface area contributed by atoms with E-state index >= 15 is 0 Å². The van der Waals surface area contributed by atoms with Crippen LogP contribution < -0.4 is 9.62 Å². The van der Waals surface area contributed by atoms with Crippen LogP contribution in [0.2, 0.25) is 0 Å². The first kappa shape index (κ1) is 20.3. The van der Waals surface area contributed by atoms with E-state index in [-0.39, 0.29) is 23.8 Å². The summed E-state index contributed by atoms with van der Waals surface area (Å²) in [4.78, 5) is 29.9. The summed E-state index contributed by atoms with van der Waals surface area (Å²) in [7, 11) is -3.56. The Bertz CT molecular complexity index is 1090. The summed E-state index contributed by atoms with van der Waals surface area (Å²) in [5.41, 5.74) is 1.48. The zero-order chi connectivity index (χ0) is 21.3. The van der Waals surface area contributed by atoms with Crippen molar-refractivity contribution in [2.24, 2.45) is 4.99 Å². The van der Waals surface area contributed by atoms with E-state index in [4.69, 9.17) is 0 Å². The van der Waals surface area contributed by atoms with Gasteiger partial charge in [0.05, 0.1) is 11.4 Å². The standard InChI is InChI=1S/C20H24N6O3S/c1-14-13-18(23-15(2)22-14)25-9-11-26(12-10-25)19(27)7-8-21-20-16-5-3-4-6-17(16)30(28,29)24-20/h3-6,13H,7-12H2,1-2H3,(H,21,24). The molecule has 158 valence electrons. The van der Waals surface area contributed by atoms with Crippen LogP contribution in [-0.4, -0.2) is 67.8 Å². The number of hydrogen-bond donors (Lipinski definition) is 1. The number of carbonyl (C=O) groups is 1. The van der Waals surface area contributed by atoms with Crippen LogP contribution >= 0.6 is 0 Å². The Hall–Kier alpha value is -3.01. The Kier molecular flexibility index (Phi) is 5.42. The number of rotatable bonds is 4. The van der Waals surface area contributed by atoms with Gasteiger partial charge in [-0.1, -0.05) is 12.1 Å². The van der Waals surface area contributed by atoms with E-state index in [1.54, 1.807) is 24.3 Å². The van der Waals surface area contributed by atoms with Gasteiger partial charge in [-0.2, -0.15) is 0 Å². The second kappa shape index (κ2) is 8.02. The molecular weight excluding hydrogens is 404 g/mol. The highest BCUT2D eigenvalue weighted by atomic mass is 32.2. The van der Waals surface area contributed by atoms with E-state index in [0.29, 0.717) is 37.6 Å². The number of nitrogens with one attached hydrogen (secondary N) is 1. The fraction of sp³-hybridized carbons (Fsp3) is 0.400. The molecule has 1 N–H and O–H groups in total. The van der Waals surface area contributed by atoms with Crippen LogP contribution in [0, 0.1) is 13.8 Å². The SMILES string of the molecule is Cc1cc(N2CCN(C(=O)CCN=C3NS(=O)(=O)c4ccccc43)CC2)nc(C)n1. The summed E-state index contributed by atoms with van der Waals surface area (Å²) < 4.78 is 26.7. The quantitative estimate of drug-likeness (QED) is 0.774. The average molecular weight is 429 g/mol. The molecule has 2 aromatic rings. The summed E-state index contributed by atoms with van der Waals surface area (Å²) in [6.45, 7) is 6.71. The number of piperazine rings is 1. The van der Waals surface area contributed by atoms with Gasteiger partial charge in [0.1, 0.15) is 17.5 Å². The molecule has 3 heterocycles. The van der Waals surface area contributed by atoms with Gasteiger partial charge in [-0.15, -0.1) is 0 Å². The fourth-order valence-corrected chi connectivity index (χ4v) is 4.97. The van der Waals surface area contributed by atoms with Crippen LogP contribution in [0.25, 0.3) is 0 Å². The maximum absolute atomic E-state index is 12.6. The number of anilines is 1. The summed E-state index contributed by atoms with van der Waals surface area (Å²) >= 11 is 0. The van der Waals surface area contributed by atoms with E-state index in [0.717, 1.165) is 17.3 Å². The molecule has 2 aliphatic heterocycles. The Morgan fingerprint density at radius 1 is 1.13 bits per heavy atom. The van der Waals surface area contributed by atoms with Crippen LogP contribution in [0.4, 0.5) is 5.82 Å². The third kappa shape index (κ3) is 4.13. The number of hydrogen-bond acceptors (Lipinski definition) is 7. The lowest BCUT2D eigenvalue weighted by Crippen LogP contribution is -2.49. The van der Waals surface area contributed by atoms with Crippen molar-refractivity contribution in [1.82, 2.24) is 19.6 Å². The lowest BCUT2D eigenvalue weighted by molar-refractivity contribution is -0.131. The van der Waals surface area contributed by atoms with Gasteiger partial charge < -0.3 is 9.80 Å². The van der Waals surface area contributed by atoms with Crippen LogP contribution in [0.1, 0.15) is 23.5 Å². The number of aliphatic imine (C=N–C) groups is 1. The second-order valence-corrected chi connectivity index (χ2v) is 9.02. The minimum atomic E-state index is -3.56. The first-order valence-corrected chi connectivity index (χ1v) is 11.3. The van der Waals surface area contributed by atoms with Crippen LogP contribution in [0.3, 0.4) is 0 Å². The molecule has 30 heavy (non-hydrogen) atoms. The molecule has 1 saturated heterocycles. The zero-order valence-electron chi connectivity index (χ0n) is 17.0. The summed E-state index contributed by atoms with van der Waals surface area (Å²) in [6.07, 6.45) is 0.235. The zero-order valence-corrected chi connectivity index (χ0v) is 17.8. The molecule has 1 aromatic heterocycles. The molecule has 0 bridgehead atoms. The molecule has 1 fully saturated rings. The Balaban J connectivity index is 1.32. The van der Waals surface area contributed by atoms with Crippen molar-refractivity contribution in [3.8, 4) is 0 Å². The van der Waals surface area contributed by atoms with Gasteiger partial charge in [-0.05, 0) is 26.0 Å². The summed E-state index contributed by atoms with van der Waals surface area (Å²) in [5.74, 6) is 1.96. The van der Waals surface area contributed by atoms with Crippen molar-refractivity contribution >= 4 is 27.6 Å². The Labute approximate surface area is 175 Å². The molecule has 10 heteroatoms. The van der Waals surface area contributed by atoms with Crippen LogP contribution in [0.15, 0.2) is 40.2 Å². The number of amidine groups is 1. The van der Waals surface area contributed by atoms with Gasteiger partial charge in [0.25, 0.3) is 10.0 Å². The van der Waals surface area contributed by atoms with Gasteiger partial charge in [0, 0.05) is 49.9 Å². The highest BCUT2D eigenvalue weighted by molar-refractivity contribution is 7.90. The molecule has 2 aliphatic rings. The van der Waals surface area contributed by atoms with Crippen molar-refractivity contribution in [3.05, 3.63) is 47.4 Å². The predicted molar refractivity (Wildman–Crippen MR) is 113 cm³/mol. The molecule has 0 saturated carbocycles.